The molecule has 0 bridgehead atoms. The van der Waals surface area contributed by atoms with Gasteiger partial charge in [0.05, 0.1) is 4.90 Å². The maximum absolute atomic E-state index is 12.3. The first-order valence-corrected chi connectivity index (χ1v) is 9.89. The van der Waals surface area contributed by atoms with Crippen LogP contribution in [0.5, 0.6) is 5.75 Å². The molecule has 2 rings (SSSR count). The molecule has 0 aliphatic carbocycles. The van der Waals surface area contributed by atoms with Crippen LogP contribution < -0.4 is 14.8 Å². The van der Waals surface area contributed by atoms with E-state index in [2.05, 4.69) is 10.0 Å². The van der Waals surface area contributed by atoms with Gasteiger partial charge in [-0.2, -0.15) is 0 Å². The second-order valence-electron chi connectivity index (χ2n) is 6.00. The molecule has 0 aliphatic rings. The number of carbonyl (C=O) groups is 1. The lowest BCUT2D eigenvalue weighted by Gasteiger charge is -2.10. The van der Waals surface area contributed by atoms with Gasteiger partial charge in [0, 0.05) is 18.7 Å². The summed E-state index contributed by atoms with van der Waals surface area (Å²) in [5.41, 5.74) is 2.75. The number of benzene rings is 2. The average molecular weight is 376 g/mol. The maximum atomic E-state index is 12.3. The van der Waals surface area contributed by atoms with E-state index >= 15 is 0 Å². The first-order valence-electron chi connectivity index (χ1n) is 8.41. The monoisotopic (exact) mass is 376 g/mol. The third-order valence-electron chi connectivity index (χ3n) is 3.63. The number of amides is 1. The van der Waals surface area contributed by atoms with Gasteiger partial charge in [-0.3, -0.25) is 4.79 Å². The van der Waals surface area contributed by atoms with E-state index in [1.165, 1.54) is 12.1 Å². The molecule has 7 heteroatoms. The summed E-state index contributed by atoms with van der Waals surface area (Å²) >= 11 is 0. The third kappa shape index (κ3) is 5.86. The van der Waals surface area contributed by atoms with Gasteiger partial charge in [0.1, 0.15) is 12.4 Å². The number of carbonyl (C=O) groups excluding carboxylic acids is 1. The lowest BCUT2D eigenvalue weighted by molar-refractivity contribution is -0.115. The molecule has 0 aromatic heterocycles. The summed E-state index contributed by atoms with van der Waals surface area (Å²) in [7, 11) is -3.62. The van der Waals surface area contributed by atoms with Crippen molar-refractivity contribution in [3.63, 3.8) is 0 Å². The van der Waals surface area contributed by atoms with Crippen LogP contribution in [0.25, 0.3) is 0 Å². The molecule has 0 aliphatic heterocycles. The van der Waals surface area contributed by atoms with Crippen LogP contribution in [0.2, 0.25) is 0 Å². The molecule has 26 heavy (non-hydrogen) atoms. The fraction of sp³-hybridized carbons (Fsp3) is 0.316. The summed E-state index contributed by atoms with van der Waals surface area (Å²) in [5.74, 6) is 0.597. The molecule has 6 nitrogen and oxygen atoms in total. The normalized spacial score (nSPS) is 11.2. The summed E-state index contributed by atoms with van der Waals surface area (Å²) in [6.45, 7) is 6.10. The zero-order valence-electron chi connectivity index (χ0n) is 15.2. The summed E-state index contributed by atoms with van der Waals surface area (Å²) in [5, 5.41) is 2.68. The molecule has 0 atom stereocenters. The molecular weight excluding hydrogens is 352 g/mol. The lowest BCUT2D eigenvalue weighted by Crippen LogP contribution is -2.28. The van der Waals surface area contributed by atoms with Gasteiger partial charge in [-0.05, 0) is 61.4 Å². The standard InChI is InChI=1S/C19H24N2O4S/c1-4-19(22)21-16-5-7-18(8-6-16)26(23,24)20-9-10-25-17-12-14(2)11-15(3)13-17/h5-8,11-13,20H,4,9-10H2,1-3H3,(H,21,22). The fourth-order valence-corrected chi connectivity index (χ4v) is 3.42. The van der Waals surface area contributed by atoms with Crippen LogP contribution in [-0.4, -0.2) is 27.5 Å². The molecule has 0 saturated carbocycles. The van der Waals surface area contributed by atoms with E-state index in [-0.39, 0.29) is 24.0 Å². The largest absolute Gasteiger partial charge is 0.492 e. The van der Waals surface area contributed by atoms with Crippen LogP contribution in [0.1, 0.15) is 24.5 Å². The molecule has 2 aromatic carbocycles. The lowest BCUT2D eigenvalue weighted by atomic mass is 10.1. The van der Waals surface area contributed by atoms with E-state index in [4.69, 9.17) is 4.74 Å². The molecule has 2 aromatic rings. The molecule has 0 radical (unpaired) electrons. The molecule has 0 heterocycles. The number of sulfonamides is 1. The zero-order valence-corrected chi connectivity index (χ0v) is 16.0. The first kappa shape index (κ1) is 19.9. The Bertz CT molecular complexity index is 841. The van der Waals surface area contributed by atoms with Crippen molar-refractivity contribution in [2.24, 2.45) is 0 Å². The minimum Gasteiger partial charge on any atom is -0.492 e. The number of rotatable bonds is 8. The second-order valence-corrected chi connectivity index (χ2v) is 7.76. The van der Waals surface area contributed by atoms with Crippen molar-refractivity contribution >= 4 is 21.6 Å². The van der Waals surface area contributed by atoms with Crippen LogP contribution in [-0.2, 0) is 14.8 Å². The smallest absolute Gasteiger partial charge is 0.240 e. The fourth-order valence-electron chi connectivity index (χ4n) is 2.41. The van der Waals surface area contributed by atoms with Crippen LogP contribution in [0.3, 0.4) is 0 Å². The summed E-state index contributed by atoms with van der Waals surface area (Å²) in [6.07, 6.45) is 0.363. The summed E-state index contributed by atoms with van der Waals surface area (Å²) in [6, 6.07) is 11.9. The van der Waals surface area contributed by atoms with Crippen LogP contribution >= 0.6 is 0 Å². The molecule has 140 valence electrons. The van der Waals surface area contributed by atoms with E-state index in [1.54, 1.807) is 19.1 Å². The Labute approximate surface area is 154 Å². The molecule has 0 saturated heterocycles. The summed E-state index contributed by atoms with van der Waals surface area (Å²) < 4.78 is 32.7. The van der Waals surface area contributed by atoms with Gasteiger partial charge in [0.25, 0.3) is 0 Å². The topological polar surface area (TPSA) is 84.5 Å². The first-order chi connectivity index (χ1) is 12.3. The van der Waals surface area contributed by atoms with E-state index in [0.29, 0.717) is 12.1 Å². The molecule has 0 unspecified atom stereocenters. The summed E-state index contributed by atoms with van der Waals surface area (Å²) in [4.78, 5) is 11.5. The van der Waals surface area contributed by atoms with Crippen LogP contribution in [0, 0.1) is 13.8 Å². The van der Waals surface area contributed by atoms with Gasteiger partial charge in [-0.15, -0.1) is 0 Å². The maximum Gasteiger partial charge on any atom is 0.240 e. The van der Waals surface area contributed by atoms with Crippen LogP contribution in [0.4, 0.5) is 5.69 Å². The van der Waals surface area contributed by atoms with Crippen molar-refractivity contribution < 1.29 is 17.9 Å². The Morgan fingerprint density at radius 3 is 2.23 bits per heavy atom. The number of hydrogen-bond acceptors (Lipinski definition) is 4. The molecule has 2 N–H and O–H groups in total. The molecule has 1 amide bonds. The predicted molar refractivity (Wildman–Crippen MR) is 102 cm³/mol. The number of anilines is 1. The SMILES string of the molecule is CCC(=O)Nc1ccc(S(=O)(=O)NCCOc2cc(C)cc(C)c2)cc1. The van der Waals surface area contributed by atoms with Gasteiger partial charge in [0.2, 0.25) is 15.9 Å². The molecular formula is C19H24N2O4S. The Morgan fingerprint density at radius 2 is 1.65 bits per heavy atom. The minimum atomic E-state index is -3.62. The Balaban J connectivity index is 1.89. The van der Waals surface area contributed by atoms with Crippen molar-refractivity contribution in [3.05, 3.63) is 53.6 Å². The van der Waals surface area contributed by atoms with Crippen molar-refractivity contribution in [2.45, 2.75) is 32.1 Å². The highest BCUT2D eigenvalue weighted by Gasteiger charge is 2.13. The highest BCUT2D eigenvalue weighted by atomic mass is 32.2. The van der Waals surface area contributed by atoms with Crippen molar-refractivity contribution in [3.8, 4) is 5.75 Å². The van der Waals surface area contributed by atoms with Gasteiger partial charge in [-0.1, -0.05) is 13.0 Å². The third-order valence-corrected chi connectivity index (χ3v) is 5.10. The van der Waals surface area contributed by atoms with E-state index < -0.39 is 10.0 Å². The number of ether oxygens (including phenoxy) is 1. The second kappa shape index (κ2) is 8.82. The van der Waals surface area contributed by atoms with Gasteiger partial charge in [0.15, 0.2) is 0 Å². The van der Waals surface area contributed by atoms with Gasteiger partial charge < -0.3 is 10.1 Å². The predicted octanol–water partition coefficient (Wildman–Crippen LogP) is 3.01. The van der Waals surface area contributed by atoms with Crippen molar-refractivity contribution in [1.29, 1.82) is 0 Å². The molecule has 0 spiro atoms. The van der Waals surface area contributed by atoms with Crippen molar-refractivity contribution in [1.82, 2.24) is 4.72 Å². The van der Waals surface area contributed by atoms with Gasteiger partial charge >= 0.3 is 0 Å². The highest BCUT2D eigenvalue weighted by Crippen LogP contribution is 2.16. The highest BCUT2D eigenvalue weighted by molar-refractivity contribution is 7.89. The van der Waals surface area contributed by atoms with Crippen LogP contribution in [0.15, 0.2) is 47.4 Å². The zero-order chi connectivity index (χ0) is 19.2. The number of hydrogen-bond donors (Lipinski definition) is 2. The minimum absolute atomic E-state index is 0.123. The number of nitrogens with one attached hydrogen (secondary N) is 2. The van der Waals surface area contributed by atoms with E-state index in [0.717, 1.165) is 16.9 Å². The quantitative estimate of drug-likeness (QED) is 0.694. The average Bonchev–Trinajstić information content (AvgIpc) is 2.58. The number of aryl methyl sites for hydroxylation is 2. The Hall–Kier alpha value is -2.38. The molecule has 0 fully saturated rings. The van der Waals surface area contributed by atoms with E-state index in [9.17, 15) is 13.2 Å². The van der Waals surface area contributed by atoms with Gasteiger partial charge in [-0.25, -0.2) is 13.1 Å². The Morgan fingerprint density at radius 1 is 1.04 bits per heavy atom. The van der Waals surface area contributed by atoms with Crippen molar-refractivity contribution in [2.75, 3.05) is 18.5 Å². The van der Waals surface area contributed by atoms with E-state index in [1.807, 2.05) is 32.0 Å². The Kier molecular flexibility index (Phi) is 6.76.